The maximum absolute atomic E-state index is 14.8. The van der Waals surface area contributed by atoms with Crippen LogP contribution in [0.25, 0.3) is 0 Å². The van der Waals surface area contributed by atoms with Crippen molar-refractivity contribution in [2.75, 3.05) is 24.5 Å². The van der Waals surface area contributed by atoms with E-state index in [4.69, 9.17) is 0 Å². The van der Waals surface area contributed by atoms with Gasteiger partial charge in [-0.3, -0.25) is 9.69 Å². The zero-order chi connectivity index (χ0) is 17.9. The molecule has 0 aliphatic carbocycles. The van der Waals surface area contributed by atoms with Gasteiger partial charge in [0, 0.05) is 55.9 Å². The van der Waals surface area contributed by atoms with Crippen LogP contribution in [0.4, 0.5) is 10.1 Å². The van der Waals surface area contributed by atoms with E-state index in [2.05, 4.69) is 21.2 Å². The topological polar surface area (TPSA) is 35.6 Å². The number of hydrogen-bond acceptors (Lipinski definition) is 3. The van der Waals surface area contributed by atoms with Crippen LogP contribution >= 0.6 is 0 Å². The first-order chi connectivity index (χ1) is 12.7. The molecule has 26 heavy (non-hydrogen) atoms. The molecule has 2 atom stereocenters. The summed E-state index contributed by atoms with van der Waals surface area (Å²) in [6.45, 7) is 3.65. The van der Waals surface area contributed by atoms with Crippen LogP contribution < -0.4 is 10.2 Å². The minimum absolute atomic E-state index is 0.0913. The van der Waals surface area contributed by atoms with Crippen LogP contribution in [-0.4, -0.2) is 42.5 Å². The van der Waals surface area contributed by atoms with E-state index in [9.17, 15) is 9.18 Å². The van der Waals surface area contributed by atoms with E-state index in [0.717, 1.165) is 56.6 Å². The summed E-state index contributed by atoms with van der Waals surface area (Å²) in [6.07, 6.45) is 8.45. The Labute approximate surface area is 155 Å². The lowest BCUT2D eigenvalue weighted by Gasteiger charge is -2.31. The molecule has 0 unspecified atom stereocenters. The SMILES string of the molecule is O=C1CCCC[C@@H]2[C@H](CCN2Cc2ccc(N3CCCCC3)cc2F)N1. The Morgan fingerprint density at radius 1 is 1.04 bits per heavy atom. The molecule has 0 aromatic heterocycles. The molecule has 4 nitrogen and oxygen atoms in total. The first kappa shape index (κ1) is 17.8. The Morgan fingerprint density at radius 2 is 1.88 bits per heavy atom. The summed E-state index contributed by atoms with van der Waals surface area (Å²) < 4.78 is 14.8. The van der Waals surface area contributed by atoms with Crippen molar-refractivity contribution >= 4 is 11.6 Å². The number of anilines is 1. The summed E-state index contributed by atoms with van der Waals surface area (Å²) in [6, 6.07) is 6.35. The predicted molar refractivity (Wildman–Crippen MR) is 102 cm³/mol. The van der Waals surface area contributed by atoms with Crippen LogP contribution in [0, 0.1) is 5.82 Å². The fourth-order valence-electron chi connectivity index (χ4n) is 4.82. The average Bonchev–Trinajstić information content (AvgIpc) is 3.00. The third-order valence-corrected chi connectivity index (χ3v) is 6.29. The molecule has 1 aromatic rings. The molecule has 0 radical (unpaired) electrons. The van der Waals surface area contributed by atoms with Crippen LogP contribution in [0.5, 0.6) is 0 Å². The average molecular weight is 359 g/mol. The van der Waals surface area contributed by atoms with E-state index in [1.807, 2.05) is 6.07 Å². The highest BCUT2D eigenvalue weighted by atomic mass is 19.1. The van der Waals surface area contributed by atoms with E-state index in [0.29, 0.717) is 19.0 Å². The Balaban J connectivity index is 1.44. The summed E-state index contributed by atoms with van der Waals surface area (Å²) in [7, 11) is 0. The van der Waals surface area contributed by atoms with Gasteiger partial charge < -0.3 is 10.2 Å². The van der Waals surface area contributed by atoms with Gasteiger partial charge in [-0.25, -0.2) is 4.39 Å². The molecule has 5 heteroatoms. The minimum atomic E-state index is -0.0913. The molecule has 142 valence electrons. The van der Waals surface area contributed by atoms with Crippen molar-refractivity contribution in [2.24, 2.45) is 0 Å². The second-order valence-electron chi connectivity index (χ2n) is 8.07. The van der Waals surface area contributed by atoms with Crippen LogP contribution in [0.3, 0.4) is 0 Å². The summed E-state index contributed by atoms with van der Waals surface area (Å²) in [4.78, 5) is 16.6. The number of halogens is 1. The zero-order valence-corrected chi connectivity index (χ0v) is 15.6. The molecule has 1 amide bonds. The first-order valence-electron chi connectivity index (χ1n) is 10.3. The number of nitrogens with zero attached hydrogens (tertiary/aromatic N) is 2. The largest absolute Gasteiger partial charge is 0.371 e. The van der Waals surface area contributed by atoms with Gasteiger partial charge in [0.1, 0.15) is 5.82 Å². The van der Waals surface area contributed by atoms with Gasteiger partial charge in [0.15, 0.2) is 0 Å². The quantitative estimate of drug-likeness (QED) is 0.898. The van der Waals surface area contributed by atoms with E-state index in [1.54, 1.807) is 6.07 Å². The number of piperidine rings is 1. The molecule has 3 saturated heterocycles. The van der Waals surface area contributed by atoms with Gasteiger partial charge in [0.2, 0.25) is 5.91 Å². The third kappa shape index (κ3) is 3.88. The Kier molecular flexibility index (Phi) is 5.44. The smallest absolute Gasteiger partial charge is 0.220 e. The number of carbonyl (C=O) groups excluding carboxylic acids is 1. The van der Waals surface area contributed by atoms with Gasteiger partial charge in [-0.05, 0) is 50.7 Å². The molecule has 0 spiro atoms. The van der Waals surface area contributed by atoms with E-state index >= 15 is 0 Å². The highest BCUT2D eigenvalue weighted by Crippen LogP contribution is 2.29. The van der Waals surface area contributed by atoms with E-state index in [1.165, 1.54) is 19.3 Å². The van der Waals surface area contributed by atoms with Crippen molar-refractivity contribution < 1.29 is 9.18 Å². The lowest BCUT2D eigenvalue weighted by molar-refractivity contribution is -0.122. The second kappa shape index (κ2) is 7.95. The number of benzene rings is 1. The van der Waals surface area contributed by atoms with Gasteiger partial charge >= 0.3 is 0 Å². The maximum atomic E-state index is 14.8. The maximum Gasteiger partial charge on any atom is 0.220 e. The zero-order valence-electron chi connectivity index (χ0n) is 15.6. The number of fused-ring (bicyclic) bond motifs is 1. The van der Waals surface area contributed by atoms with Crippen LogP contribution in [0.15, 0.2) is 18.2 Å². The molecule has 3 fully saturated rings. The van der Waals surface area contributed by atoms with Gasteiger partial charge in [0.05, 0.1) is 0 Å². The standard InChI is InChI=1S/C21H30FN3O/c22-18-14-17(24-11-4-1-5-12-24)9-8-16(18)15-25-13-10-19-20(25)6-2-3-7-21(26)23-19/h8-9,14,19-20H,1-7,10-13,15H2,(H,23,26)/t19-,20+/m0/s1. The Bertz CT molecular complexity index is 644. The van der Waals surface area contributed by atoms with E-state index in [-0.39, 0.29) is 17.8 Å². The fraction of sp³-hybridized carbons (Fsp3) is 0.667. The normalized spacial score (nSPS) is 27.6. The second-order valence-corrected chi connectivity index (χ2v) is 8.07. The van der Waals surface area contributed by atoms with Gasteiger partial charge in [-0.1, -0.05) is 12.5 Å². The summed E-state index contributed by atoms with van der Waals surface area (Å²) in [5.74, 6) is 0.0880. The minimum Gasteiger partial charge on any atom is -0.371 e. The number of nitrogens with one attached hydrogen (secondary N) is 1. The lowest BCUT2D eigenvalue weighted by atomic mass is 9.98. The first-order valence-corrected chi connectivity index (χ1v) is 10.3. The van der Waals surface area contributed by atoms with Crippen molar-refractivity contribution in [1.82, 2.24) is 10.2 Å². The summed E-state index contributed by atoms with van der Waals surface area (Å²) in [5.41, 5.74) is 1.79. The number of hydrogen-bond donors (Lipinski definition) is 1. The molecule has 1 aromatic carbocycles. The van der Waals surface area contributed by atoms with Crippen LogP contribution in [-0.2, 0) is 11.3 Å². The molecule has 3 aliphatic rings. The van der Waals surface area contributed by atoms with Crippen molar-refractivity contribution in [3.05, 3.63) is 29.6 Å². The molecule has 3 heterocycles. The monoisotopic (exact) mass is 359 g/mol. The highest BCUT2D eigenvalue weighted by Gasteiger charge is 2.35. The molecule has 3 aliphatic heterocycles. The van der Waals surface area contributed by atoms with Gasteiger partial charge in [-0.2, -0.15) is 0 Å². The van der Waals surface area contributed by atoms with Crippen molar-refractivity contribution in [3.63, 3.8) is 0 Å². The number of amides is 1. The molecule has 0 bridgehead atoms. The summed E-state index contributed by atoms with van der Waals surface area (Å²) in [5, 5.41) is 3.18. The molecule has 1 N–H and O–H groups in total. The van der Waals surface area contributed by atoms with Crippen LogP contribution in [0.2, 0.25) is 0 Å². The summed E-state index contributed by atoms with van der Waals surface area (Å²) >= 11 is 0. The van der Waals surface area contributed by atoms with Crippen LogP contribution in [0.1, 0.15) is 56.9 Å². The van der Waals surface area contributed by atoms with E-state index < -0.39 is 0 Å². The number of carbonyl (C=O) groups is 1. The third-order valence-electron chi connectivity index (χ3n) is 6.29. The Morgan fingerprint density at radius 3 is 2.69 bits per heavy atom. The molecule has 0 saturated carbocycles. The molecular weight excluding hydrogens is 329 g/mol. The number of likely N-dealkylation sites (tertiary alicyclic amines) is 1. The van der Waals surface area contributed by atoms with Crippen molar-refractivity contribution in [2.45, 2.75) is 70.0 Å². The van der Waals surface area contributed by atoms with Gasteiger partial charge in [-0.15, -0.1) is 0 Å². The lowest BCUT2D eigenvalue weighted by Crippen LogP contribution is -2.45. The van der Waals surface area contributed by atoms with Crippen molar-refractivity contribution in [1.29, 1.82) is 0 Å². The van der Waals surface area contributed by atoms with Gasteiger partial charge in [0.25, 0.3) is 0 Å². The van der Waals surface area contributed by atoms with Crippen molar-refractivity contribution in [3.8, 4) is 0 Å². The fourth-order valence-corrected chi connectivity index (χ4v) is 4.82. The number of rotatable bonds is 3. The Hall–Kier alpha value is -1.62. The predicted octanol–water partition coefficient (Wildman–Crippen LogP) is 3.45. The molecule has 4 rings (SSSR count). The molecular formula is C21H30FN3O. The highest BCUT2D eigenvalue weighted by molar-refractivity contribution is 5.76.